The molecule has 0 atom stereocenters. The monoisotopic (exact) mass is 299 g/mol. The molecule has 0 spiro atoms. The van der Waals surface area contributed by atoms with E-state index in [-0.39, 0.29) is 11.3 Å². The first-order valence-electron chi connectivity index (χ1n) is 6.32. The molecule has 0 bridgehead atoms. The highest BCUT2D eigenvalue weighted by Gasteiger charge is 2.08. The smallest absolute Gasteiger partial charge is 0.271 e. The van der Waals surface area contributed by atoms with Crippen LogP contribution in [0.5, 0.6) is 5.75 Å². The molecule has 1 N–H and O–H groups in total. The van der Waals surface area contributed by atoms with Crippen LogP contribution in [0.4, 0.5) is 5.69 Å². The van der Waals surface area contributed by atoms with Gasteiger partial charge < -0.3 is 4.74 Å². The van der Waals surface area contributed by atoms with Gasteiger partial charge >= 0.3 is 0 Å². The van der Waals surface area contributed by atoms with Gasteiger partial charge in [-0.1, -0.05) is 12.1 Å². The molecular weight excluding hydrogens is 286 g/mol. The Morgan fingerprint density at radius 1 is 1.23 bits per heavy atom. The Hall–Kier alpha value is -3.22. The Labute approximate surface area is 126 Å². The molecule has 0 radical (unpaired) electrons. The zero-order valence-corrected chi connectivity index (χ0v) is 11.7. The summed E-state index contributed by atoms with van der Waals surface area (Å²) in [7, 11) is 1.54. The highest BCUT2D eigenvalue weighted by atomic mass is 16.6. The Bertz CT molecular complexity index is 711. The van der Waals surface area contributed by atoms with Gasteiger partial charge in [-0.2, -0.15) is 5.10 Å². The van der Waals surface area contributed by atoms with E-state index in [1.807, 2.05) is 12.1 Å². The van der Waals surface area contributed by atoms with Gasteiger partial charge in [-0.05, 0) is 24.3 Å². The van der Waals surface area contributed by atoms with Crippen molar-refractivity contribution in [1.29, 1.82) is 0 Å². The minimum absolute atomic E-state index is 0.0749. The first kappa shape index (κ1) is 15.2. The van der Waals surface area contributed by atoms with E-state index in [0.717, 1.165) is 0 Å². The minimum atomic E-state index is -0.526. The largest absolute Gasteiger partial charge is 0.496 e. The molecule has 2 aromatic carbocycles. The molecule has 112 valence electrons. The number of nitro groups is 1. The van der Waals surface area contributed by atoms with Crippen LogP contribution in [0.25, 0.3) is 0 Å². The third-order valence-electron chi connectivity index (χ3n) is 2.85. The predicted molar refractivity (Wildman–Crippen MR) is 81.2 cm³/mol. The van der Waals surface area contributed by atoms with E-state index in [4.69, 9.17) is 4.74 Å². The van der Waals surface area contributed by atoms with E-state index in [1.165, 1.54) is 30.5 Å². The van der Waals surface area contributed by atoms with E-state index < -0.39 is 10.8 Å². The number of non-ortho nitro benzene ring substituents is 1. The first-order chi connectivity index (χ1) is 10.6. The van der Waals surface area contributed by atoms with Crippen LogP contribution in [0.3, 0.4) is 0 Å². The van der Waals surface area contributed by atoms with Gasteiger partial charge in [-0.25, -0.2) is 5.43 Å². The number of carbonyl (C=O) groups excluding carboxylic acids is 1. The van der Waals surface area contributed by atoms with Crippen LogP contribution < -0.4 is 10.2 Å². The van der Waals surface area contributed by atoms with Crippen molar-refractivity contribution in [3.05, 3.63) is 69.8 Å². The molecule has 0 saturated carbocycles. The molecule has 2 rings (SSSR count). The van der Waals surface area contributed by atoms with Crippen molar-refractivity contribution in [3.8, 4) is 5.75 Å². The average Bonchev–Trinajstić information content (AvgIpc) is 2.55. The van der Waals surface area contributed by atoms with E-state index in [9.17, 15) is 14.9 Å². The topological polar surface area (TPSA) is 93.8 Å². The molecule has 0 aliphatic rings. The van der Waals surface area contributed by atoms with Gasteiger partial charge in [0.2, 0.25) is 0 Å². The van der Waals surface area contributed by atoms with Crippen molar-refractivity contribution in [1.82, 2.24) is 5.43 Å². The molecule has 7 heteroatoms. The zero-order valence-electron chi connectivity index (χ0n) is 11.7. The number of hydrogen-bond acceptors (Lipinski definition) is 5. The standard InChI is InChI=1S/C15H13N3O4/c1-22-14-5-3-2-4-12(14)10-16-17-15(19)11-6-8-13(9-7-11)18(20)21/h2-10H,1H3,(H,17,19)/b16-10+. The summed E-state index contributed by atoms with van der Waals surface area (Å²) in [6, 6.07) is 12.5. The Morgan fingerprint density at radius 3 is 2.55 bits per heavy atom. The summed E-state index contributed by atoms with van der Waals surface area (Å²) in [6.07, 6.45) is 1.46. The summed E-state index contributed by atoms with van der Waals surface area (Å²) in [5.41, 5.74) is 3.27. The lowest BCUT2D eigenvalue weighted by molar-refractivity contribution is -0.384. The maximum Gasteiger partial charge on any atom is 0.271 e. The van der Waals surface area contributed by atoms with E-state index in [0.29, 0.717) is 11.3 Å². The van der Waals surface area contributed by atoms with Gasteiger partial charge in [-0.3, -0.25) is 14.9 Å². The van der Waals surface area contributed by atoms with Crippen LogP contribution in [0.1, 0.15) is 15.9 Å². The number of benzene rings is 2. The highest BCUT2D eigenvalue weighted by molar-refractivity contribution is 5.95. The molecule has 2 aromatic rings. The van der Waals surface area contributed by atoms with Crippen LogP contribution in [-0.2, 0) is 0 Å². The average molecular weight is 299 g/mol. The molecule has 0 unspecified atom stereocenters. The number of nitrogens with zero attached hydrogens (tertiary/aromatic N) is 2. The fourth-order valence-corrected chi connectivity index (χ4v) is 1.73. The lowest BCUT2D eigenvalue weighted by atomic mass is 10.2. The van der Waals surface area contributed by atoms with Crippen molar-refractivity contribution in [3.63, 3.8) is 0 Å². The second kappa shape index (κ2) is 6.98. The van der Waals surface area contributed by atoms with Gasteiger partial charge in [0.15, 0.2) is 0 Å². The third kappa shape index (κ3) is 3.66. The fraction of sp³-hybridized carbons (Fsp3) is 0.0667. The zero-order chi connectivity index (χ0) is 15.9. The van der Waals surface area contributed by atoms with Gasteiger partial charge in [0.1, 0.15) is 5.75 Å². The van der Waals surface area contributed by atoms with Crippen LogP contribution in [0.15, 0.2) is 53.6 Å². The first-order valence-corrected chi connectivity index (χ1v) is 6.32. The van der Waals surface area contributed by atoms with Crippen molar-refractivity contribution in [2.75, 3.05) is 7.11 Å². The number of carbonyl (C=O) groups is 1. The number of methoxy groups -OCH3 is 1. The van der Waals surface area contributed by atoms with Gasteiger partial charge in [0.25, 0.3) is 11.6 Å². The van der Waals surface area contributed by atoms with E-state index in [2.05, 4.69) is 10.5 Å². The van der Waals surface area contributed by atoms with Crippen LogP contribution in [0.2, 0.25) is 0 Å². The number of hydrazone groups is 1. The number of nitrogens with one attached hydrogen (secondary N) is 1. The van der Waals surface area contributed by atoms with Crippen molar-refractivity contribution in [2.45, 2.75) is 0 Å². The van der Waals surface area contributed by atoms with Crippen LogP contribution in [-0.4, -0.2) is 24.2 Å². The number of rotatable bonds is 5. The van der Waals surface area contributed by atoms with Gasteiger partial charge in [0.05, 0.1) is 18.2 Å². The normalized spacial score (nSPS) is 10.4. The summed E-state index contributed by atoms with van der Waals surface area (Å²) in [5.74, 6) is 0.178. The third-order valence-corrected chi connectivity index (χ3v) is 2.85. The minimum Gasteiger partial charge on any atom is -0.496 e. The Kier molecular flexibility index (Phi) is 4.81. The van der Waals surface area contributed by atoms with E-state index in [1.54, 1.807) is 19.2 Å². The SMILES string of the molecule is COc1ccccc1/C=N/NC(=O)c1ccc([N+](=O)[O-])cc1. The number of para-hydroxylation sites is 1. The molecule has 0 fully saturated rings. The molecule has 0 saturated heterocycles. The number of ether oxygens (including phenoxy) is 1. The summed E-state index contributed by atoms with van der Waals surface area (Å²) < 4.78 is 5.16. The number of amides is 1. The lowest BCUT2D eigenvalue weighted by Gasteiger charge is -2.03. The van der Waals surface area contributed by atoms with Gasteiger partial charge in [-0.15, -0.1) is 0 Å². The summed E-state index contributed by atoms with van der Waals surface area (Å²) in [4.78, 5) is 21.9. The second-order valence-electron chi connectivity index (χ2n) is 4.25. The van der Waals surface area contributed by atoms with Crippen molar-refractivity contribution in [2.24, 2.45) is 5.10 Å². The second-order valence-corrected chi connectivity index (χ2v) is 4.25. The molecule has 0 aliphatic heterocycles. The summed E-state index contributed by atoms with van der Waals surface area (Å²) in [6.45, 7) is 0. The Balaban J connectivity index is 2.03. The molecule has 1 amide bonds. The maximum absolute atomic E-state index is 11.8. The number of hydrogen-bond donors (Lipinski definition) is 1. The predicted octanol–water partition coefficient (Wildman–Crippen LogP) is 2.37. The molecular formula is C15H13N3O4. The van der Waals surface area contributed by atoms with Crippen molar-refractivity contribution >= 4 is 17.8 Å². The van der Waals surface area contributed by atoms with Gasteiger partial charge in [0, 0.05) is 23.3 Å². The lowest BCUT2D eigenvalue weighted by Crippen LogP contribution is -2.17. The molecule has 0 aliphatic carbocycles. The summed E-state index contributed by atoms with van der Waals surface area (Å²) in [5, 5.41) is 14.4. The van der Waals surface area contributed by atoms with Crippen LogP contribution >= 0.6 is 0 Å². The fourth-order valence-electron chi connectivity index (χ4n) is 1.73. The quantitative estimate of drug-likeness (QED) is 0.521. The summed E-state index contributed by atoms with van der Waals surface area (Å²) >= 11 is 0. The maximum atomic E-state index is 11.8. The molecule has 0 aromatic heterocycles. The molecule has 0 heterocycles. The Morgan fingerprint density at radius 2 is 1.91 bits per heavy atom. The highest BCUT2D eigenvalue weighted by Crippen LogP contribution is 2.14. The van der Waals surface area contributed by atoms with E-state index >= 15 is 0 Å². The van der Waals surface area contributed by atoms with Crippen molar-refractivity contribution < 1.29 is 14.5 Å². The molecule has 22 heavy (non-hydrogen) atoms. The molecule has 7 nitrogen and oxygen atoms in total. The van der Waals surface area contributed by atoms with Crippen LogP contribution in [0, 0.1) is 10.1 Å². The number of nitro benzene ring substituents is 1.